The first-order valence-electron chi connectivity index (χ1n) is 7.94. The largest absolute Gasteiger partial charge is 0.396 e. The van der Waals surface area contributed by atoms with Gasteiger partial charge in [-0.2, -0.15) is 0 Å². The molecule has 23 heavy (non-hydrogen) atoms. The third kappa shape index (κ3) is 6.02. The number of hydrogen-bond acceptors (Lipinski definition) is 3. The molecule has 0 saturated carbocycles. The fourth-order valence-corrected chi connectivity index (χ4v) is 2.48. The lowest BCUT2D eigenvalue weighted by atomic mass is 9.89. The summed E-state index contributed by atoms with van der Waals surface area (Å²) in [5, 5.41) is 14.5. The summed E-state index contributed by atoms with van der Waals surface area (Å²) in [7, 11) is 0. The molecule has 0 aromatic heterocycles. The standard InChI is InChI=1S/C18H28N2O3/c1-12-9-13(2)15(14(3)10-12)20-17(23)16(22)19-8-6-7-18(4,5)11-21/h9-10,21H,6-8,11H2,1-5H3,(H,19,22)(H,20,23). The number of hydrogen-bond donors (Lipinski definition) is 3. The number of anilines is 1. The second-order valence-electron chi connectivity index (χ2n) is 6.91. The molecule has 0 radical (unpaired) electrons. The maximum Gasteiger partial charge on any atom is 0.313 e. The first kappa shape index (κ1) is 19.2. The number of carbonyl (C=O) groups is 2. The molecule has 0 spiro atoms. The summed E-state index contributed by atoms with van der Waals surface area (Å²) in [5.41, 5.74) is 3.52. The minimum atomic E-state index is -0.651. The highest BCUT2D eigenvalue weighted by Crippen LogP contribution is 2.22. The van der Waals surface area contributed by atoms with Crippen molar-refractivity contribution in [3.8, 4) is 0 Å². The summed E-state index contributed by atoms with van der Waals surface area (Å²) in [6.45, 7) is 10.3. The maximum atomic E-state index is 12.0. The third-order valence-corrected chi connectivity index (χ3v) is 3.87. The second-order valence-corrected chi connectivity index (χ2v) is 6.91. The van der Waals surface area contributed by atoms with Crippen LogP contribution in [-0.4, -0.2) is 30.1 Å². The predicted octanol–water partition coefficient (Wildman–Crippen LogP) is 2.47. The maximum absolute atomic E-state index is 12.0. The van der Waals surface area contributed by atoms with Crippen LogP contribution in [0, 0.1) is 26.2 Å². The molecular formula is C18H28N2O3. The molecule has 0 bridgehead atoms. The summed E-state index contributed by atoms with van der Waals surface area (Å²) >= 11 is 0. The molecule has 0 fully saturated rings. The van der Waals surface area contributed by atoms with Gasteiger partial charge >= 0.3 is 11.8 Å². The van der Waals surface area contributed by atoms with E-state index in [0.29, 0.717) is 12.2 Å². The average molecular weight is 320 g/mol. The fraction of sp³-hybridized carbons (Fsp3) is 0.556. The summed E-state index contributed by atoms with van der Waals surface area (Å²) < 4.78 is 0. The summed E-state index contributed by atoms with van der Waals surface area (Å²) in [6, 6.07) is 3.94. The Bertz CT molecular complexity index is 557. The first-order chi connectivity index (χ1) is 10.7. The van der Waals surface area contributed by atoms with Gasteiger partial charge in [-0.1, -0.05) is 31.5 Å². The van der Waals surface area contributed by atoms with Gasteiger partial charge in [0.25, 0.3) is 0 Å². The van der Waals surface area contributed by atoms with Crippen LogP contribution in [0.1, 0.15) is 43.4 Å². The lowest BCUT2D eigenvalue weighted by Gasteiger charge is -2.21. The molecule has 128 valence electrons. The van der Waals surface area contributed by atoms with E-state index in [9.17, 15) is 14.7 Å². The van der Waals surface area contributed by atoms with Gasteiger partial charge in [0, 0.05) is 18.8 Å². The minimum absolute atomic E-state index is 0.105. The zero-order valence-electron chi connectivity index (χ0n) is 14.7. The molecule has 2 amide bonds. The molecule has 0 heterocycles. The van der Waals surface area contributed by atoms with Gasteiger partial charge in [-0.15, -0.1) is 0 Å². The third-order valence-electron chi connectivity index (χ3n) is 3.87. The molecule has 0 saturated heterocycles. The van der Waals surface area contributed by atoms with Crippen molar-refractivity contribution in [2.24, 2.45) is 5.41 Å². The second kappa shape index (κ2) is 8.11. The molecular weight excluding hydrogens is 292 g/mol. The fourth-order valence-electron chi connectivity index (χ4n) is 2.48. The highest BCUT2D eigenvalue weighted by molar-refractivity contribution is 6.39. The highest BCUT2D eigenvalue weighted by Gasteiger charge is 2.18. The Morgan fingerprint density at radius 3 is 2.17 bits per heavy atom. The van der Waals surface area contributed by atoms with Crippen LogP contribution in [-0.2, 0) is 9.59 Å². The van der Waals surface area contributed by atoms with Crippen LogP contribution < -0.4 is 10.6 Å². The predicted molar refractivity (Wildman–Crippen MR) is 92.4 cm³/mol. The normalized spacial score (nSPS) is 11.2. The van der Waals surface area contributed by atoms with Crippen LogP contribution in [0.15, 0.2) is 12.1 Å². The summed E-state index contributed by atoms with van der Waals surface area (Å²) in [6.07, 6.45) is 1.50. The molecule has 0 aliphatic carbocycles. The smallest absolute Gasteiger partial charge is 0.313 e. The van der Waals surface area contributed by atoms with Crippen molar-refractivity contribution in [3.05, 3.63) is 28.8 Å². The van der Waals surface area contributed by atoms with Gasteiger partial charge in [0.1, 0.15) is 0 Å². The van der Waals surface area contributed by atoms with Gasteiger partial charge in [-0.3, -0.25) is 9.59 Å². The Balaban J connectivity index is 2.51. The van der Waals surface area contributed by atoms with Gasteiger partial charge in [-0.05, 0) is 50.2 Å². The summed E-state index contributed by atoms with van der Waals surface area (Å²) in [5.74, 6) is -1.28. The minimum Gasteiger partial charge on any atom is -0.396 e. The summed E-state index contributed by atoms with van der Waals surface area (Å²) in [4.78, 5) is 23.8. The lowest BCUT2D eigenvalue weighted by molar-refractivity contribution is -0.136. The van der Waals surface area contributed by atoms with Crippen molar-refractivity contribution in [2.75, 3.05) is 18.5 Å². The van der Waals surface area contributed by atoms with Gasteiger partial charge < -0.3 is 15.7 Å². The molecule has 0 aliphatic rings. The molecule has 1 aromatic rings. The van der Waals surface area contributed by atoms with Gasteiger partial charge in [0.2, 0.25) is 0 Å². The van der Waals surface area contributed by atoms with E-state index in [-0.39, 0.29) is 12.0 Å². The average Bonchev–Trinajstić information content (AvgIpc) is 2.46. The number of benzene rings is 1. The van der Waals surface area contributed by atoms with Crippen molar-refractivity contribution in [3.63, 3.8) is 0 Å². The van der Waals surface area contributed by atoms with Crippen LogP contribution in [0.25, 0.3) is 0 Å². The van der Waals surface area contributed by atoms with E-state index in [1.54, 1.807) is 0 Å². The van der Waals surface area contributed by atoms with E-state index in [0.717, 1.165) is 29.5 Å². The molecule has 1 rings (SSSR count). The van der Waals surface area contributed by atoms with Crippen molar-refractivity contribution in [1.29, 1.82) is 0 Å². The van der Waals surface area contributed by atoms with E-state index in [2.05, 4.69) is 10.6 Å². The SMILES string of the molecule is Cc1cc(C)c(NC(=O)C(=O)NCCCC(C)(C)CO)c(C)c1. The van der Waals surface area contributed by atoms with Gasteiger partial charge in [-0.25, -0.2) is 0 Å². The molecule has 0 atom stereocenters. The Labute approximate surface area is 138 Å². The number of carbonyl (C=O) groups excluding carboxylic acids is 2. The van der Waals surface area contributed by atoms with Crippen molar-refractivity contribution in [1.82, 2.24) is 5.32 Å². The van der Waals surface area contributed by atoms with E-state index < -0.39 is 11.8 Å². The number of amides is 2. The molecule has 0 aliphatic heterocycles. The number of rotatable bonds is 6. The van der Waals surface area contributed by atoms with Crippen molar-refractivity contribution < 1.29 is 14.7 Å². The van der Waals surface area contributed by atoms with Crippen LogP contribution in [0.4, 0.5) is 5.69 Å². The first-order valence-corrected chi connectivity index (χ1v) is 7.94. The monoisotopic (exact) mass is 320 g/mol. The van der Waals surface area contributed by atoms with Crippen LogP contribution in [0.3, 0.4) is 0 Å². The highest BCUT2D eigenvalue weighted by atomic mass is 16.3. The quantitative estimate of drug-likeness (QED) is 0.556. The van der Waals surface area contributed by atoms with Crippen LogP contribution in [0.5, 0.6) is 0 Å². The molecule has 0 unspecified atom stereocenters. The Morgan fingerprint density at radius 1 is 1.09 bits per heavy atom. The topological polar surface area (TPSA) is 78.4 Å². The Kier molecular flexibility index (Phi) is 6.76. The van der Waals surface area contributed by atoms with Crippen LogP contribution >= 0.6 is 0 Å². The number of nitrogens with one attached hydrogen (secondary N) is 2. The zero-order chi connectivity index (χ0) is 17.6. The molecule has 1 aromatic carbocycles. The lowest BCUT2D eigenvalue weighted by Crippen LogP contribution is -2.36. The zero-order valence-corrected chi connectivity index (χ0v) is 14.7. The van der Waals surface area contributed by atoms with Crippen molar-refractivity contribution >= 4 is 17.5 Å². The van der Waals surface area contributed by atoms with E-state index >= 15 is 0 Å². The van der Waals surface area contributed by atoms with Crippen LogP contribution in [0.2, 0.25) is 0 Å². The van der Waals surface area contributed by atoms with E-state index in [1.807, 2.05) is 46.8 Å². The van der Waals surface area contributed by atoms with E-state index in [1.165, 1.54) is 0 Å². The Morgan fingerprint density at radius 2 is 1.65 bits per heavy atom. The molecule has 5 nitrogen and oxygen atoms in total. The van der Waals surface area contributed by atoms with E-state index in [4.69, 9.17) is 0 Å². The number of aliphatic hydroxyl groups is 1. The van der Waals surface area contributed by atoms with Gasteiger partial charge in [0.05, 0.1) is 0 Å². The Hall–Kier alpha value is -1.88. The molecule has 3 N–H and O–H groups in total. The number of aliphatic hydroxyl groups excluding tert-OH is 1. The van der Waals surface area contributed by atoms with Gasteiger partial charge in [0.15, 0.2) is 0 Å². The molecule has 5 heteroatoms. The number of aryl methyl sites for hydroxylation is 3. The van der Waals surface area contributed by atoms with Crippen molar-refractivity contribution in [2.45, 2.75) is 47.5 Å².